The van der Waals surface area contributed by atoms with E-state index in [4.69, 9.17) is 5.11 Å². The van der Waals surface area contributed by atoms with Crippen molar-refractivity contribution in [2.75, 3.05) is 24.7 Å². The van der Waals surface area contributed by atoms with Crippen molar-refractivity contribution in [3.8, 4) is 0 Å². The van der Waals surface area contributed by atoms with Gasteiger partial charge in [0.2, 0.25) is 0 Å². The fraction of sp³-hybridized carbons (Fsp3) is 1.00. The van der Waals surface area contributed by atoms with E-state index >= 15 is 0 Å². The number of nitrogens with one attached hydrogen (secondary N) is 1. The molecule has 0 bridgehead atoms. The molecular formula is C8H17NOS. The van der Waals surface area contributed by atoms with Crippen LogP contribution in [0.3, 0.4) is 0 Å². The molecule has 66 valence electrons. The molecule has 0 saturated heterocycles. The highest BCUT2D eigenvalue weighted by Crippen LogP contribution is 2.18. The third-order valence-electron chi connectivity index (χ3n) is 1.70. The molecule has 2 N–H and O–H groups in total. The van der Waals surface area contributed by atoms with Crippen LogP contribution >= 0.6 is 11.8 Å². The Kier molecular flexibility index (Phi) is 4.99. The normalized spacial score (nSPS) is 17.2. The largest absolute Gasteiger partial charge is 0.396 e. The minimum absolute atomic E-state index is 0.336. The lowest BCUT2D eigenvalue weighted by molar-refractivity contribution is 0.296. The maximum atomic E-state index is 8.49. The van der Waals surface area contributed by atoms with Crippen molar-refractivity contribution in [3.05, 3.63) is 0 Å². The quantitative estimate of drug-likeness (QED) is 0.563. The van der Waals surface area contributed by atoms with E-state index in [1.54, 1.807) is 0 Å². The second-order valence-electron chi connectivity index (χ2n) is 2.92. The van der Waals surface area contributed by atoms with E-state index in [9.17, 15) is 0 Å². The Balaban J connectivity index is 1.66. The van der Waals surface area contributed by atoms with E-state index < -0.39 is 0 Å². The topological polar surface area (TPSA) is 32.3 Å². The molecule has 1 aliphatic carbocycles. The summed E-state index contributed by atoms with van der Waals surface area (Å²) in [5, 5.41) is 11.9. The smallest absolute Gasteiger partial charge is 0.0438 e. The van der Waals surface area contributed by atoms with Crippen LogP contribution in [0, 0.1) is 0 Å². The molecule has 0 unspecified atom stereocenters. The van der Waals surface area contributed by atoms with Crippen LogP contribution in [0.2, 0.25) is 0 Å². The first-order valence-corrected chi connectivity index (χ1v) is 5.51. The summed E-state index contributed by atoms with van der Waals surface area (Å²) in [5.74, 6) is 2.29. The lowest BCUT2D eigenvalue weighted by Crippen LogP contribution is -2.19. The fourth-order valence-electron chi connectivity index (χ4n) is 0.891. The van der Waals surface area contributed by atoms with E-state index in [0.29, 0.717) is 6.61 Å². The van der Waals surface area contributed by atoms with Crippen LogP contribution < -0.4 is 5.32 Å². The van der Waals surface area contributed by atoms with Crippen LogP contribution in [0.25, 0.3) is 0 Å². The molecule has 1 saturated carbocycles. The molecule has 0 aromatic rings. The Morgan fingerprint density at radius 3 is 2.82 bits per heavy atom. The Hall–Kier alpha value is 0.270. The van der Waals surface area contributed by atoms with Crippen molar-refractivity contribution in [1.29, 1.82) is 0 Å². The molecule has 3 heteroatoms. The summed E-state index contributed by atoms with van der Waals surface area (Å²) in [6.45, 7) is 1.48. The number of hydrogen-bond acceptors (Lipinski definition) is 3. The number of aliphatic hydroxyl groups is 1. The summed E-state index contributed by atoms with van der Waals surface area (Å²) >= 11 is 1.93. The summed E-state index contributed by atoms with van der Waals surface area (Å²) in [6, 6.07) is 0.841. The van der Waals surface area contributed by atoms with E-state index in [1.807, 2.05) is 11.8 Å². The minimum atomic E-state index is 0.336. The predicted octanol–water partition coefficient (Wildman–Crippen LogP) is 0.854. The lowest BCUT2D eigenvalue weighted by atomic mass is 10.5. The van der Waals surface area contributed by atoms with E-state index in [2.05, 4.69) is 5.32 Å². The highest BCUT2D eigenvalue weighted by atomic mass is 32.2. The second kappa shape index (κ2) is 5.86. The van der Waals surface area contributed by atoms with Crippen molar-refractivity contribution in [3.63, 3.8) is 0 Å². The van der Waals surface area contributed by atoms with Crippen molar-refractivity contribution in [2.45, 2.75) is 25.3 Å². The number of thioether (sulfide) groups is 1. The van der Waals surface area contributed by atoms with Gasteiger partial charge >= 0.3 is 0 Å². The third-order valence-corrected chi connectivity index (χ3v) is 2.77. The minimum Gasteiger partial charge on any atom is -0.396 e. The van der Waals surface area contributed by atoms with Gasteiger partial charge < -0.3 is 10.4 Å². The molecule has 0 radical (unpaired) electrons. The lowest BCUT2D eigenvalue weighted by Gasteiger charge is -2.01. The van der Waals surface area contributed by atoms with Crippen LogP contribution in [0.4, 0.5) is 0 Å². The summed E-state index contributed by atoms with van der Waals surface area (Å²) in [5.41, 5.74) is 0. The first-order chi connectivity index (χ1) is 5.43. The van der Waals surface area contributed by atoms with Crippen LogP contribution in [-0.4, -0.2) is 35.8 Å². The zero-order valence-corrected chi connectivity index (χ0v) is 7.70. The average Bonchev–Trinajstić information content (AvgIpc) is 2.80. The summed E-state index contributed by atoms with van der Waals surface area (Å²) < 4.78 is 0. The van der Waals surface area contributed by atoms with Gasteiger partial charge in [-0.1, -0.05) is 0 Å². The van der Waals surface area contributed by atoms with Gasteiger partial charge in [0.15, 0.2) is 0 Å². The molecule has 1 rings (SSSR count). The molecule has 11 heavy (non-hydrogen) atoms. The van der Waals surface area contributed by atoms with E-state index in [1.165, 1.54) is 18.6 Å². The van der Waals surface area contributed by atoms with Gasteiger partial charge in [0.25, 0.3) is 0 Å². The fourth-order valence-corrected chi connectivity index (χ4v) is 1.69. The van der Waals surface area contributed by atoms with Gasteiger partial charge in [-0.3, -0.25) is 0 Å². The zero-order valence-electron chi connectivity index (χ0n) is 6.88. The number of hydrogen-bond donors (Lipinski definition) is 2. The van der Waals surface area contributed by atoms with Gasteiger partial charge in [-0.05, 0) is 25.0 Å². The van der Waals surface area contributed by atoms with E-state index in [0.717, 1.165) is 24.8 Å². The molecule has 0 amide bonds. The first-order valence-electron chi connectivity index (χ1n) is 4.35. The van der Waals surface area contributed by atoms with Gasteiger partial charge in [-0.15, -0.1) is 0 Å². The molecule has 0 heterocycles. The van der Waals surface area contributed by atoms with Crippen LogP contribution in [-0.2, 0) is 0 Å². The van der Waals surface area contributed by atoms with Gasteiger partial charge in [0.05, 0.1) is 0 Å². The molecular weight excluding hydrogens is 158 g/mol. The molecule has 0 aromatic heterocycles. The Morgan fingerprint density at radius 2 is 2.18 bits per heavy atom. The summed E-state index contributed by atoms with van der Waals surface area (Å²) in [7, 11) is 0. The Morgan fingerprint density at radius 1 is 1.36 bits per heavy atom. The van der Waals surface area contributed by atoms with Gasteiger partial charge in [0, 0.05) is 24.9 Å². The zero-order chi connectivity index (χ0) is 7.94. The van der Waals surface area contributed by atoms with Crippen molar-refractivity contribution in [1.82, 2.24) is 5.32 Å². The third kappa shape index (κ3) is 5.53. The monoisotopic (exact) mass is 175 g/mol. The van der Waals surface area contributed by atoms with Gasteiger partial charge in [-0.25, -0.2) is 0 Å². The van der Waals surface area contributed by atoms with Gasteiger partial charge in [0.1, 0.15) is 0 Å². The predicted molar refractivity (Wildman–Crippen MR) is 50.1 cm³/mol. The molecule has 0 spiro atoms. The molecule has 2 nitrogen and oxygen atoms in total. The number of aliphatic hydroxyl groups excluding tert-OH is 1. The van der Waals surface area contributed by atoms with Crippen LogP contribution in [0.15, 0.2) is 0 Å². The maximum absolute atomic E-state index is 8.49. The molecule has 0 atom stereocenters. The second-order valence-corrected chi connectivity index (χ2v) is 4.14. The van der Waals surface area contributed by atoms with Gasteiger partial charge in [-0.2, -0.15) is 11.8 Å². The highest BCUT2D eigenvalue weighted by molar-refractivity contribution is 7.99. The molecule has 0 aliphatic heterocycles. The van der Waals surface area contributed by atoms with E-state index in [-0.39, 0.29) is 0 Å². The number of rotatable bonds is 7. The highest BCUT2D eigenvalue weighted by Gasteiger charge is 2.19. The first kappa shape index (κ1) is 9.36. The SMILES string of the molecule is OCCCSCCNC1CC1. The maximum Gasteiger partial charge on any atom is 0.0438 e. The van der Waals surface area contributed by atoms with Crippen molar-refractivity contribution >= 4 is 11.8 Å². The standard InChI is InChI=1S/C8H17NOS/c10-5-1-6-11-7-4-9-8-2-3-8/h8-10H,1-7H2. The summed E-state index contributed by atoms with van der Waals surface area (Å²) in [4.78, 5) is 0. The Bertz CT molecular complexity index is 96.1. The summed E-state index contributed by atoms with van der Waals surface area (Å²) in [6.07, 6.45) is 3.69. The van der Waals surface area contributed by atoms with Crippen LogP contribution in [0.5, 0.6) is 0 Å². The average molecular weight is 175 g/mol. The molecule has 0 aromatic carbocycles. The Labute approximate surface area is 72.8 Å². The van der Waals surface area contributed by atoms with Crippen molar-refractivity contribution < 1.29 is 5.11 Å². The molecule has 1 aliphatic rings. The van der Waals surface area contributed by atoms with Crippen molar-refractivity contribution in [2.24, 2.45) is 0 Å². The molecule has 1 fully saturated rings. The van der Waals surface area contributed by atoms with Crippen LogP contribution in [0.1, 0.15) is 19.3 Å².